The molecule has 0 saturated heterocycles. The second kappa shape index (κ2) is 5.27. The van der Waals surface area contributed by atoms with Crippen molar-refractivity contribution >= 4 is 34.0 Å². The van der Waals surface area contributed by atoms with E-state index >= 15 is 0 Å². The summed E-state index contributed by atoms with van der Waals surface area (Å²) in [4.78, 5) is 8.52. The van der Waals surface area contributed by atoms with Gasteiger partial charge < -0.3 is 4.57 Å². The van der Waals surface area contributed by atoms with Crippen LogP contribution in [0.1, 0.15) is 11.5 Å². The molecule has 0 aliphatic carbocycles. The van der Waals surface area contributed by atoms with E-state index in [4.69, 9.17) is 11.6 Å². The number of alkyl halides is 1. The van der Waals surface area contributed by atoms with Gasteiger partial charge in [0.05, 0.1) is 22.6 Å². The van der Waals surface area contributed by atoms with Gasteiger partial charge in [0.1, 0.15) is 11.3 Å². The minimum atomic E-state index is -0.309. The lowest BCUT2D eigenvalue weighted by atomic mass is 10.3. The van der Waals surface area contributed by atoms with Crippen LogP contribution in [-0.4, -0.2) is 14.5 Å². The van der Waals surface area contributed by atoms with E-state index in [-0.39, 0.29) is 11.7 Å². The molecule has 0 spiro atoms. The molecule has 0 radical (unpaired) electrons. The van der Waals surface area contributed by atoms with Gasteiger partial charge in [-0.1, -0.05) is 6.07 Å². The molecule has 19 heavy (non-hydrogen) atoms. The molecule has 1 aromatic carbocycles. The molecule has 0 amide bonds. The van der Waals surface area contributed by atoms with E-state index < -0.39 is 0 Å². The van der Waals surface area contributed by atoms with Gasteiger partial charge in [0.25, 0.3) is 0 Å². The fraction of sp³-hybridized carbons (Fsp3) is 0.231. The van der Waals surface area contributed by atoms with Crippen molar-refractivity contribution in [3.8, 4) is 0 Å². The van der Waals surface area contributed by atoms with E-state index in [1.165, 1.54) is 6.07 Å². The summed E-state index contributed by atoms with van der Waals surface area (Å²) in [6.45, 7) is 0.700. The second-order valence-electron chi connectivity index (χ2n) is 4.15. The minimum Gasteiger partial charge on any atom is -0.326 e. The Balaban J connectivity index is 1.99. The number of thiazole rings is 1. The van der Waals surface area contributed by atoms with Crippen LogP contribution in [0.2, 0.25) is 0 Å². The van der Waals surface area contributed by atoms with Gasteiger partial charge in [-0.2, -0.15) is 0 Å². The van der Waals surface area contributed by atoms with Crippen molar-refractivity contribution in [3.05, 3.63) is 46.4 Å². The van der Waals surface area contributed by atoms with Crippen molar-refractivity contribution in [1.29, 1.82) is 0 Å². The summed E-state index contributed by atoms with van der Waals surface area (Å²) in [5.74, 6) is 0.652. The molecule has 0 N–H and O–H groups in total. The fourth-order valence-corrected chi connectivity index (χ4v) is 2.90. The summed E-state index contributed by atoms with van der Waals surface area (Å²) < 4.78 is 15.7. The minimum absolute atomic E-state index is 0.269. The summed E-state index contributed by atoms with van der Waals surface area (Å²) in [6.07, 6.45) is 0.787. The molecule has 2 aromatic heterocycles. The second-order valence-corrected chi connectivity index (χ2v) is 5.14. The molecular weight excluding hydrogens is 285 g/mol. The zero-order chi connectivity index (χ0) is 13.2. The maximum atomic E-state index is 13.7. The Labute approximate surface area is 118 Å². The normalized spacial score (nSPS) is 11.3. The number of aromatic nitrogens is 3. The lowest BCUT2D eigenvalue weighted by molar-refractivity contribution is 0.637. The van der Waals surface area contributed by atoms with Crippen LogP contribution in [0.5, 0.6) is 0 Å². The Morgan fingerprint density at radius 2 is 2.26 bits per heavy atom. The van der Waals surface area contributed by atoms with Crippen LogP contribution in [0, 0.1) is 5.82 Å². The maximum Gasteiger partial charge on any atom is 0.151 e. The van der Waals surface area contributed by atoms with Crippen LogP contribution in [0.4, 0.5) is 4.39 Å². The van der Waals surface area contributed by atoms with E-state index in [9.17, 15) is 4.39 Å². The van der Waals surface area contributed by atoms with Gasteiger partial charge >= 0.3 is 0 Å². The van der Waals surface area contributed by atoms with Gasteiger partial charge in [0.15, 0.2) is 5.82 Å². The van der Waals surface area contributed by atoms with Crippen molar-refractivity contribution in [2.75, 3.05) is 0 Å². The van der Waals surface area contributed by atoms with Crippen molar-refractivity contribution in [2.24, 2.45) is 0 Å². The Morgan fingerprint density at radius 1 is 1.37 bits per heavy atom. The molecule has 0 fully saturated rings. The smallest absolute Gasteiger partial charge is 0.151 e. The number of benzene rings is 1. The van der Waals surface area contributed by atoms with Crippen molar-refractivity contribution in [1.82, 2.24) is 14.5 Å². The number of para-hydroxylation sites is 1. The summed E-state index contributed by atoms with van der Waals surface area (Å²) >= 11 is 7.47. The molecule has 98 valence electrons. The molecule has 3 nitrogen and oxygen atoms in total. The van der Waals surface area contributed by atoms with Gasteiger partial charge in [-0.05, 0) is 12.1 Å². The standard InChI is InChI=1S/C13H11ClFN3S/c14-6-12-17-13-10(15)2-1-3-11(13)18(12)5-4-9-7-19-8-16-9/h1-3,7-8H,4-6H2. The number of fused-ring (bicyclic) bond motifs is 1. The van der Waals surface area contributed by atoms with E-state index in [1.807, 2.05) is 21.5 Å². The van der Waals surface area contributed by atoms with Gasteiger partial charge in [-0.3, -0.25) is 0 Å². The third-order valence-electron chi connectivity index (χ3n) is 3.00. The zero-order valence-corrected chi connectivity index (χ0v) is 11.6. The van der Waals surface area contributed by atoms with Crippen molar-refractivity contribution in [3.63, 3.8) is 0 Å². The molecule has 0 bridgehead atoms. The first-order valence-corrected chi connectivity index (χ1v) is 7.34. The van der Waals surface area contributed by atoms with Gasteiger partial charge in [-0.25, -0.2) is 14.4 Å². The Hall–Kier alpha value is -1.46. The Bertz CT molecular complexity index is 693. The quantitative estimate of drug-likeness (QED) is 0.688. The number of aryl methyl sites for hydroxylation is 2. The summed E-state index contributed by atoms with van der Waals surface area (Å²) in [7, 11) is 0. The number of halogens is 2. The highest BCUT2D eigenvalue weighted by atomic mass is 35.5. The van der Waals surface area contributed by atoms with Crippen LogP contribution in [0.25, 0.3) is 11.0 Å². The molecule has 0 aliphatic heterocycles. The van der Waals surface area contributed by atoms with E-state index in [1.54, 1.807) is 17.4 Å². The largest absolute Gasteiger partial charge is 0.326 e. The van der Waals surface area contributed by atoms with Crippen LogP contribution >= 0.6 is 22.9 Å². The maximum absolute atomic E-state index is 13.7. The first-order valence-electron chi connectivity index (χ1n) is 5.86. The number of hydrogen-bond donors (Lipinski definition) is 0. The van der Waals surface area contributed by atoms with Crippen LogP contribution in [-0.2, 0) is 18.8 Å². The molecule has 3 aromatic rings. The summed E-state index contributed by atoms with van der Waals surface area (Å²) in [5.41, 5.74) is 4.01. The number of nitrogens with zero attached hydrogens (tertiary/aromatic N) is 3. The number of hydrogen-bond acceptors (Lipinski definition) is 3. The van der Waals surface area contributed by atoms with Gasteiger partial charge in [0.2, 0.25) is 0 Å². The third-order valence-corrected chi connectivity index (χ3v) is 3.88. The van der Waals surface area contributed by atoms with Gasteiger partial charge in [0, 0.05) is 18.3 Å². The van der Waals surface area contributed by atoms with Gasteiger partial charge in [-0.15, -0.1) is 22.9 Å². The van der Waals surface area contributed by atoms with Crippen molar-refractivity contribution < 1.29 is 4.39 Å². The average Bonchev–Trinajstić information content (AvgIpc) is 3.03. The molecule has 0 unspecified atom stereocenters. The van der Waals surface area contributed by atoms with Crippen LogP contribution in [0.3, 0.4) is 0 Å². The van der Waals surface area contributed by atoms with Crippen molar-refractivity contribution in [2.45, 2.75) is 18.8 Å². The molecular formula is C13H11ClFN3S. The third kappa shape index (κ3) is 2.35. The number of imidazole rings is 1. The lowest BCUT2D eigenvalue weighted by Crippen LogP contribution is -2.05. The molecule has 0 saturated carbocycles. The van der Waals surface area contributed by atoms with E-state index in [2.05, 4.69) is 9.97 Å². The highest BCUT2D eigenvalue weighted by molar-refractivity contribution is 7.07. The van der Waals surface area contributed by atoms with E-state index in [0.717, 1.165) is 17.6 Å². The Morgan fingerprint density at radius 3 is 3.00 bits per heavy atom. The van der Waals surface area contributed by atoms with E-state index in [0.29, 0.717) is 17.9 Å². The van der Waals surface area contributed by atoms with Crippen LogP contribution in [0.15, 0.2) is 29.1 Å². The first-order chi connectivity index (χ1) is 9.29. The first kappa shape index (κ1) is 12.6. The lowest BCUT2D eigenvalue weighted by Gasteiger charge is -2.06. The predicted octanol–water partition coefficient (Wildman–Crippen LogP) is 3.61. The SMILES string of the molecule is Fc1cccc2c1nc(CCl)n2CCc1cscn1. The zero-order valence-electron chi connectivity index (χ0n) is 10.0. The van der Waals surface area contributed by atoms with Crippen LogP contribution < -0.4 is 0 Å². The topological polar surface area (TPSA) is 30.7 Å². The highest BCUT2D eigenvalue weighted by Gasteiger charge is 2.13. The monoisotopic (exact) mass is 295 g/mol. The fourth-order valence-electron chi connectivity index (χ4n) is 2.10. The highest BCUT2D eigenvalue weighted by Crippen LogP contribution is 2.21. The summed E-state index contributed by atoms with van der Waals surface area (Å²) in [6, 6.07) is 4.97. The molecule has 6 heteroatoms. The predicted molar refractivity (Wildman–Crippen MR) is 75.1 cm³/mol. The molecule has 2 heterocycles. The molecule has 0 aliphatic rings. The molecule has 3 rings (SSSR count). The average molecular weight is 296 g/mol. The summed E-state index contributed by atoms with van der Waals surface area (Å²) in [5, 5.41) is 2.01. The Kier molecular flexibility index (Phi) is 3.48. The number of rotatable bonds is 4. The molecule has 0 atom stereocenters.